The van der Waals surface area contributed by atoms with E-state index in [2.05, 4.69) is 9.97 Å². The van der Waals surface area contributed by atoms with E-state index in [1.165, 1.54) is 35.3 Å². The summed E-state index contributed by atoms with van der Waals surface area (Å²) in [5.41, 5.74) is 0.00722. The molecule has 0 aliphatic heterocycles. The molecule has 8 heteroatoms. The highest BCUT2D eigenvalue weighted by molar-refractivity contribution is 8.00. The van der Waals surface area contributed by atoms with Crippen molar-refractivity contribution in [3.63, 3.8) is 0 Å². The maximum Gasteiger partial charge on any atom is 0.333 e. The van der Waals surface area contributed by atoms with Crippen LogP contribution in [0, 0.1) is 10.1 Å². The molecule has 15 heavy (non-hydrogen) atoms. The van der Waals surface area contributed by atoms with Gasteiger partial charge in [0.1, 0.15) is 0 Å². The standard InChI is InChI=1S/C7H9N3O2S3/c1-13-5-4(10(11)12)6(14-2)9-7(8-5)15-3/h1-3H3. The first-order valence-electron chi connectivity index (χ1n) is 3.82. The van der Waals surface area contributed by atoms with Gasteiger partial charge in [-0.1, -0.05) is 11.8 Å². The number of nitrogens with zero attached hydrogens (tertiary/aromatic N) is 3. The SMILES string of the molecule is CSc1nc(SC)c([N+](=O)[O-])c(SC)n1. The quantitative estimate of drug-likeness (QED) is 0.272. The molecular weight excluding hydrogens is 254 g/mol. The van der Waals surface area contributed by atoms with E-state index in [9.17, 15) is 10.1 Å². The third-order valence-corrected chi connectivity index (χ3v) is 3.44. The van der Waals surface area contributed by atoms with Gasteiger partial charge in [0, 0.05) is 0 Å². The van der Waals surface area contributed by atoms with Gasteiger partial charge >= 0.3 is 5.69 Å². The minimum Gasteiger partial charge on any atom is -0.258 e. The van der Waals surface area contributed by atoms with Crippen molar-refractivity contribution in [2.45, 2.75) is 15.2 Å². The molecule has 0 saturated heterocycles. The van der Waals surface area contributed by atoms with Gasteiger partial charge in [0.25, 0.3) is 0 Å². The van der Waals surface area contributed by atoms with E-state index in [-0.39, 0.29) is 5.69 Å². The van der Waals surface area contributed by atoms with E-state index < -0.39 is 4.92 Å². The number of nitro groups is 1. The molecule has 0 spiro atoms. The minimum absolute atomic E-state index is 0.00722. The second-order valence-electron chi connectivity index (χ2n) is 2.33. The van der Waals surface area contributed by atoms with Gasteiger partial charge in [-0.2, -0.15) is 0 Å². The molecule has 0 amide bonds. The summed E-state index contributed by atoms with van der Waals surface area (Å²) in [6, 6.07) is 0. The predicted octanol–water partition coefficient (Wildman–Crippen LogP) is 2.55. The molecule has 0 aliphatic rings. The van der Waals surface area contributed by atoms with Gasteiger partial charge in [-0.25, -0.2) is 9.97 Å². The Morgan fingerprint density at radius 2 is 1.53 bits per heavy atom. The van der Waals surface area contributed by atoms with Gasteiger partial charge in [0.15, 0.2) is 15.2 Å². The zero-order chi connectivity index (χ0) is 11.4. The Morgan fingerprint density at radius 1 is 1.07 bits per heavy atom. The van der Waals surface area contributed by atoms with Gasteiger partial charge in [0.2, 0.25) is 0 Å². The van der Waals surface area contributed by atoms with Crippen LogP contribution >= 0.6 is 35.3 Å². The molecule has 1 aromatic rings. The third-order valence-electron chi connectivity index (χ3n) is 1.55. The molecule has 82 valence electrons. The first-order chi connectivity index (χ1) is 7.13. The third kappa shape index (κ3) is 2.76. The van der Waals surface area contributed by atoms with Crippen molar-refractivity contribution < 1.29 is 4.92 Å². The Bertz CT molecular complexity index is 361. The molecule has 0 bridgehead atoms. The number of rotatable bonds is 4. The maximum absolute atomic E-state index is 10.9. The summed E-state index contributed by atoms with van der Waals surface area (Å²) >= 11 is 3.90. The zero-order valence-corrected chi connectivity index (χ0v) is 10.8. The molecule has 0 unspecified atom stereocenters. The first kappa shape index (κ1) is 12.6. The zero-order valence-electron chi connectivity index (χ0n) is 8.38. The molecule has 0 radical (unpaired) electrons. The van der Waals surface area contributed by atoms with Crippen LogP contribution in [-0.4, -0.2) is 33.7 Å². The molecule has 5 nitrogen and oxygen atoms in total. The van der Waals surface area contributed by atoms with E-state index in [4.69, 9.17) is 0 Å². The topological polar surface area (TPSA) is 68.9 Å². The number of thioether (sulfide) groups is 3. The van der Waals surface area contributed by atoms with E-state index in [1.807, 2.05) is 6.26 Å². The van der Waals surface area contributed by atoms with Gasteiger partial charge in [-0.15, -0.1) is 23.5 Å². The van der Waals surface area contributed by atoms with Crippen molar-refractivity contribution in [1.29, 1.82) is 0 Å². The van der Waals surface area contributed by atoms with E-state index in [0.29, 0.717) is 15.2 Å². The fraction of sp³-hybridized carbons (Fsp3) is 0.429. The fourth-order valence-electron chi connectivity index (χ4n) is 0.928. The van der Waals surface area contributed by atoms with Gasteiger partial charge in [0.05, 0.1) is 4.92 Å². The van der Waals surface area contributed by atoms with Crippen LogP contribution in [0.4, 0.5) is 5.69 Å². The Hall–Kier alpha value is -0.470. The molecule has 0 aliphatic carbocycles. The van der Waals surface area contributed by atoms with Crippen molar-refractivity contribution >= 4 is 41.0 Å². The Balaban J connectivity index is 3.39. The smallest absolute Gasteiger partial charge is 0.258 e. The van der Waals surface area contributed by atoms with Crippen LogP contribution in [0.25, 0.3) is 0 Å². The Kier molecular flexibility index (Phi) is 4.68. The first-order valence-corrected chi connectivity index (χ1v) is 7.49. The molecule has 0 aromatic carbocycles. The highest BCUT2D eigenvalue weighted by atomic mass is 32.2. The van der Waals surface area contributed by atoms with Crippen LogP contribution in [0.5, 0.6) is 0 Å². The number of hydrogen-bond donors (Lipinski definition) is 0. The van der Waals surface area contributed by atoms with E-state index in [0.717, 1.165) is 0 Å². The van der Waals surface area contributed by atoms with Crippen molar-refractivity contribution in [1.82, 2.24) is 9.97 Å². The Morgan fingerprint density at radius 3 is 1.80 bits per heavy atom. The molecule has 0 atom stereocenters. The predicted molar refractivity (Wildman–Crippen MR) is 64.0 cm³/mol. The average molecular weight is 263 g/mol. The molecule has 0 saturated carbocycles. The summed E-state index contributed by atoms with van der Waals surface area (Å²) in [6.07, 6.45) is 5.38. The summed E-state index contributed by atoms with van der Waals surface area (Å²) in [5.74, 6) is 0. The highest BCUT2D eigenvalue weighted by Gasteiger charge is 2.23. The molecule has 0 N–H and O–H groups in total. The lowest BCUT2D eigenvalue weighted by Crippen LogP contribution is -2.00. The van der Waals surface area contributed by atoms with Crippen molar-refractivity contribution in [3.8, 4) is 0 Å². The van der Waals surface area contributed by atoms with Crippen molar-refractivity contribution in [3.05, 3.63) is 10.1 Å². The second kappa shape index (κ2) is 5.57. The van der Waals surface area contributed by atoms with Crippen LogP contribution in [0.3, 0.4) is 0 Å². The van der Waals surface area contributed by atoms with Gasteiger partial charge < -0.3 is 0 Å². The lowest BCUT2D eigenvalue weighted by molar-refractivity contribution is -0.391. The van der Waals surface area contributed by atoms with E-state index >= 15 is 0 Å². The van der Waals surface area contributed by atoms with E-state index in [1.54, 1.807) is 12.5 Å². The highest BCUT2D eigenvalue weighted by Crippen LogP contribution is 2.34. The number of aromatic nitrogens is 2. The molecule has 1 heterocycles. The lowest BCUT2D eigenvalue weighted by Gasteiger charge is -2.04. The summed E-state index contributed by atoms with van der Waals surface area (Å²) in [6.45, 7) is 0. The van der Waals surface area contributed by atoms with Crippen LogP contribution in [-0.2, 0) is 0 Å². The van der Waals surface area contributed by atoms with Crippen LogP contribution in [0.2, 0.25) is 0 Å². The maximum atomic E-state index is 10.9. The average Bonchev–Trinajstić information content (AvgIpc) is 2.26. The van der Waals surface area contributed by atoms with Gasteiger partial charge in [-0.05, 0) is 18.8 Å². The van der Waals surface area contributed by atoms with Crippen LogP contribution in [0.1, 0.15) is 0 Å². The monoisotopic (exact) mass is 263 g/mol. The lowest BCUT2D eigenvalue weighted by atomic mass is 10.5. The molecular formula is C7H9N3O2S3. The second-order valence-corrected chi connectivity index (χ2v) is 4.70. The van der Waals surface area contributed by atoms with Crippen molar-refractivity contribution in [2.75, 3.05) is 18.8 Å². The van der Waals surface area contributed by atoms with Crippen molar-refractivity contribution in [2.24, 2.45) is 0 Å². The summed E-state index contributed by atoms with van der Waals surface area (Å²) < 4.78 is 0. The molecule has 1 rings (SSSR count). The normalized spacial score (nSPS) is 10.3. The molecule has 1 aromatic heterocycles. The van der Waals surface area contributed by atoms with Gasteiger partial charge in [-0.3, -0.25) is 10.1 Å². The summed E-state index contributed by atoms with van der Waals surface area (Å²) in [7, 11) is 0. The largest absolute Gasteiger partial charge is 0.333 e. The summed E-state index contributed by atoms with van der Waals surface area (Å²) in [4.78, 5) is 18.6. The summed E-state index contributed by atoms with van der Waals surface area (Å²) in [5, 5.41) is 12.3. The van der Waals surface area contributed by atoms with Crippen LogP contribution < -0.4 is 0 Å². The minimum atomic E-state index is -0.429. The van der Waals surface area contributed by atoms with Crippen LogP contribution in [0.15, 0.2) is 15.2 Å². The fourth-order valence-corrected chi connectivity index (χ4v) is 2.56. The number of hydrogen-bond acceptors (Lipinski definition) is 7. The Labute approximate surface area is 100.0 Å². The molecule has 0 fully saturated rings.